The molecule has 0 amide bonds. The van der Waals surface area contributed by atoms with Gasteiger partial charge in [-0.2, -0.15) is 0 Å². The summed E-state index contributed by atoms with van der Waals surface area (Å²) in [5.41, 5.74) is 8.54. The number of ether oxygens (including phenoxy) is 2. The van der Waals surface area contributed by atoms with Crippen molar-refractivity contribution in [2.24, 2.45) is 0 Å². The lowest BCUT2D eigenvalue weighted by molar-refractivity contribution is 0.101. The van der Waals surface area contributed by atoms with Gasteiger partial charge in [-0.25, -0.2) is 9.97 Å². The number of nitrogens with two attached hydrogens (primary N) is 1. The Kier molecular flexibility index (Phi) is 5.59. The summed E-state index contributed by atoms with van der Waals surface area (Å²) in [6.45, 7) is 1.52. The number of nitrogens with zero attached hydrogens (tertiary/aromatic N) is 2. The molecule has 0 aliphatic carbocycles. The Morgan fingerprint density at radius 2 is 1.75 bits per heavy atom. The highest BCUT2D eigenvalue weighted by Crippen LogP contribution is 2.34. The molecule has 0 saturated heterocycles. The predicted molar refractivity (Wildman–Crippen MR) is 109 cm³/mol. The molecule has 2 aromatic carbocycles. The fourth-order valence-corrected chi connectivity index (χ4v) is 2.58. The van der Waals surface area contributed by atoms with Crippen LogP contribution in [-0.2, 0) is 0 Å². The number of rotatable bonds is 7. The maximum Gasteiger partial charge on any atom is 0.159 e. The number of nitrogen functional groups attached to an aromatic ring is 1. The molecule has 1 aromatic heterocycles. The molecule has 0 atom stereocenters. The number of aromatic nitrogens is 2. The van der Waals surface area contributed by atoms with Crippen LogP contribution in [0.5, 0.6) is 11.5 Å². The molecule has 0 saturated carbocycles. The SMILES string of the molecule is COc1ccc(Nc2ncnc(Nc3cccc(C(C)=O)c3)c2N)c(OC)c1. The van der Waals surface area contributed by atoms with Crippen molar-refractivity contribution in [2.75, 3.05) is 30.6 Å². The minimum absolute atomic E-state index is 0.0201. The predicted octanol–water partition coefficient (Wildman–Crippen LogP) is 3.77. The van der Waals surface area contributed by atoms with Gasteiger partial charge in [0, 0.05) is 17.3 Å². The number of carbonyl (C=O) groups excluding carboxylic acids is 1. The van der Waals surface area contributed by atoms with Gasteiger partial charge in [-0.05, 0) is 31.2 Å². The number of benzene rings is 2. The van der Waals surface area contributed by atoms with Crippen LogP contribution in [0.15, 0.2) is 48.8 Å². The second-order valence-corrected chi connectivity index (χ2v) is 5.94. The number of ketones is 1. The summed E-state index contributed by atoms with van der Waals surface area (Å²) in [6, 6.07) is 12.5. The lowest BCUT2D eigenvalue weighted by Gasteiger charge is -2.15. The van der Waals surface area contributed by atoms with Gasteiger partial charge in [0.25, 0.3) is 0 Å². The minimum atomic E-state index is -0.0201. The van der Waals surface area contributed by atoms with Crippen LogP contribution in [0.25, 0.3) is 0 Å². The number of carbonyl (C=O) groups is 1. The molecule has 4 N–H and O–H groups in total. The summed E-state index contributed by atoms with van der Waals surface area (Å²) in [4.78, 5) is 20.0. The summed E-state index contributed by atoms with van der Waals surface area (Å²) < 4.78 is 10.6. The van der Waals surface area contributed by atoms with Gasteiger partial charge in [0.05, 0.1) is 19.9 Å². The first-order valence-corrected chi connectivity index (χ1v) is 8.49. The van der Waals surface area contributed by atoms with Crippen LogP contribution in [0.1, 0.15) is 17.3 Å². The topological polar surface area (TPSA) is 111 Å². The largest absolute Gasteiger partial charge is 0.497 e. The van der Waals surface area contributed by atoms with Crippen molar-refractivity contribution < 1.29 is 14.3 Å². The normalized spacial score (nSPS) is 10.2. The average molecular weight is 379 g/mol. The first kappa shape index (κ1) is 19.0. The van der Waals surface area contributed by atoms with E-state index in [-0.39, 0.29) is 5.78 Å². The van der Waals surface area contributed by atoms with Gasteiger partial charge in [0.15, 0.2) is 17.4 Å². The Bertz CT molecular complexity index is 1010. The molecule has 1 heterocycles. The Labute approximate surface area is 162 Å². The zero-order chi connectivity index (χ0) is 20.1. The summed E-state index contributed by atoms with van der Waals surface area (Å²) >= 11 is 0. The summed E-state index contributed by atoms with van der Waals surface area (Å²) in [5.74, 6) is 2.08. The molecule has 0 aliphatic heterocycles. The highest BCUT2D eigenvalue weighted by Gasteiger charge is 2.12. The maximum absolute atomic E-state index is 11.6. The zero-order valence-electron chi connectivity index (χ0n) is 15.8. The van der Waals surface area contributed by atoms with E-state index in [1.807, 2.05) is 12.1 Å². The van der Waals surface area contributed by atoms with Crippen LogP contribution in [-0.4, -0.2) is 30.0 Å². The molecule has 28 heavy (non-hydrogen) atoms. The molecule has 0 fully saturated rings. The van der Waals surface area contributed by atoms with E-state index >= 15 is 0 Å². The minimum Gasteiger partial charge on any atom is -0.497 e. The maximum atomic E-state index is 11.6. The first-order valence-electron chi connectivity index (χ1n) is 8.49. The summed E-state index contributed by atoms with van der Waals surface area (Å²) in [7, 11) is 3.15. The Morgan fingerprint density at radius 3 is 2.43 bits per heavy atom. The number of anilines is 5. The van der Waals surface area contributed by atoms with Crippen LogP contribution >= 0.6 is 0 Å². The Balaban J connectivity index is 1.88. The van der Waals surface area contributed by atoms with Crippen LogP contribution in [0, 0.1) is 0 Å². The van der Waals surface area contributed by atoms with Gasteiger partial charge in [-0.3, -0.25) is 4.79 Å². The number of Topliss-reactive ketones (excluding diaryl/α,β-unsaturated/α-hetero) is 1. The van der Waals surface area contributed by atoms with E-state index < -0.39 is 0 Å². The lowest BCUT2D eigenvalue weighted by Crippen LogP contribution is -2.06. The molecular weight excluding hydrogens is 358 g/mol. The number of hydrogen-bond acceptors (Lipinski definition) is 8. The molecule has 0 spiro atoms. The second kappa shape index (κ2) is 8.26. The monoisotopic (exact) mass is 379 g/mol. The van der Waals surface area contributed by atoms with Gasteiger partial charge in [0.2, 0.25) is 0 Å². The van der Waals surface area contributed by atoms with Crippen molar-refractivity contribution in [1.29, 1.82) is 0 Å². The van der Waals surface area contributed by atoms with Crippen molar-refractivity contribution in [2.45, 2.75) is 6.92 Å². The molecule has 0 unspecified atom stereocenters. The highest BCUT2D eigenvalue weighted by atomic mass is 16.5. The molecule has 3 aromatic rings. The third kappa shape index (κ3) is 4.12. The van der Waals surface area contributed by atoms with Crippen LogP contribution < -0.4 is 25.8 Å². The van der Waals surface area contributed by atoms with E-state index in [0.717, 1.165) is 0 Å². The molecule has 8 heteroatoms. The standard InChI is InChI=1S/C20H21N5O3/c1-12(26)13-5-4-6-14(9-13)24-19-18(21)20(23-11-22-19)25-16-8-7-15(27-2)10-17(16)28-3/h4-11H,21H2,1-3H3,(H2,22,23,24,25). The van der Waals surface area contributed by atoms with E-state index in [1.165, 1.54) is 13.3 Å². The molecule has 0 bridgehead atoms. The van der Waals surface area contributed by atoms with Crippen molar-refractivity contribution >= 4 is 34.5 Å². The fraction of sp³-hybridized carbons (Fsp3) is 0.150. The molecule has 0 radical (unpaired) electrons. The van der Waals surface area contributed by atoms with Crippen molar-refractivity contribution in [3.8, 4) is 11.5 Å². The zero-order valence-corrected chi connectivity index (χ0v) is 15.8. The number of hydrogen-bond donors (Lipinski definition) is 3. The van der Waals surface area contributed by atoms with Crippen molar-refractivity contribution in [1.82, 2.24) is 9.97 Å². The van der Waals surface area contributed by atoms with Crippen LogP contribution in [0.3, 0.4) is 0 Å². The van der Waals surface area contributed by atoms with E-state index in [2.05, 4.69) is 20.6 Å². The van der Waals surface area contributed by atoms with Gasteiger partial charge in [-0.1, -0.05) is 12.1 Å². The second-order valence-electron chi connectivity index (χ2n) is 5.94. The molecule has 8 nitrogen and oxygen atoms in total. The first-order chi connectivity index (χ1) is 13.5. The summed E-state index contributed by atoms with van der Waals surface area (Å²) in [5, 5.41) is 6.27. The lowest BCUT2D eigenvalue weighted by atomic mass is 10.1. The van der Waals surface area contributed by atoms with Crippen molar-refractivity contribution in [3.63, 3.8) is 0 Å². The van der Waals surface area contributed by atoms with Gasteiger partial charge in [0.1, 0.15) is 23.5 Å². The fourth-order valence-electron chi connectivity index (χ4n) is 2.58. The Hall–Kier alpha value is -3.81. The number of nitrogens with one attached hydrogen (secondary N) is 2. The third-order valence-corrected chi connectivity index (χ3v) is 4.08. The smallest absolute Gasteiger partial charge is 0.159 e. The molecular formula is C20H21N5O3. The number of methoxy groups -OCH3 is 2. The van der Waals surface area contributed by atoms with Crippen LogP contribution in [0.4, 0.5) is 28.7 Å². The van der Waals surface area contributed by atoms with Crippen LogP contribution in [0.2, 0.25) is 0 Å². The highest BCUT2D eigenvalue weighted by molar-refractivity contribution is 5.95. The van der Waals surface area contributed by atoms with Gasteiger partial charge < -0.3 is 25.8 Å². The third-order valence-electron chi connectivity index (χ3n) is 4.08. The van der Waals surface area contributed by atoms with Crippen molar-refractivity contribution in [3.05, 3.63) is 54.4 Å². The van der Waals surface area contributed by atoms with E-state index in [1.54, 1.807) is 44.6 Å². The quantitative estimate of drug-likeness (QED) is 0.532. The van der Waals surface area contributed by atoms with E-state index in [0.29, 0.717) is 45.8 Å². The van der Waals surface area contributed by atoms with Gasteiger partial charge >= 0.3 is 0 Å². The molecule has 144 valence electrons. The Morgan fingerprint density at radius 1 is 1.00 bits per heavy atom. The summed E-state index contributed by atoms with van der Waals surface area (Å²) in [6.07, 6.45) is 1.39. The van der Waals surface area contributed by atoms with E-state index in [9.17, 15) is 4.79 Å². The molecule has 3 rings (SSSR count). The van der Waals surface area contributed by atoms with Gasteiger partial charge in [-0.15, -0.1) is 0 Å². The van der Waals surface area contributed by atoms with E-state index in [4.69, 9.17) is 15.2 Å². The molecule has 0 aliphatic rings. The average Bonchev–Trinajstić information content (AvgIpc) is 2.71.